The average Bonchev–Trinajstić information content (AvgIpc) is 2.94. The van der Waals surface area contributed by atoms with Crippen LogP contribution in [0.1, 0.15) is 12.7 Å². The highest BCUT2D eigenvalue weighted by Crippen LogP contribution is 2.23. The van der Waals surface area contributed by atoms with Crippen LogP contribution >= 0.6 is 0 Å². The van der Waals surface area contributed by atoms with Gasteiger partial charge in [0.2, 0.25) is 0 Å². The lowest BCUT2D eigenvalue weighted by Crippen LogP contribution is -2.05. The first kappa shape index (κ1) is 13.6. The smallest absolute Gasteiger partial charge is 0.349 e. The fourth-order valence-electron chi connectivity index (χ4n) is 1.68. The van der Waals surface area contributed by atoms with Gasteiger partial charge >= 0.3 is 5.97 Å². The minimum Gasteiger partial charge on any atom is -0.462 e. The molecule has 0 N–H and O–H groups in total. The number of furan rings is 1. The topological polar surface area (TPSA) is 63.2 Å². The molecule has 4 heteroatoms. The molecule has 0 aliphatic heterocycles. The summed E-state index contributed by atoms with van der Waals surface area (Å²) in [7, 11) is 0. The Labute approximate surface area is 116 Å². The van der Waals surface area contributed by atoms with Crippen molar-refractivity contribution in [1.82, 2.24) is 0 Å². The van der Waals surface area contributed by atoms with Crippen LogP contribution in [0.5, 0.6) is 0 Å². The van der Waals surface area contributed by atoms with Crippen LogP contribution in [0.3, 0.4) is 0 Å². The van der Waals surface area contributed by atoms with Crippen LogP contribution in [-0.4, -0.2) is 12.6 Å². The lowest BCUT2D eigenvalue weighted by atomic mass is 10.2. The van der Waals surface area contributed by atoms with Gasteiger partial charge in [-0.15, -0.1) is 0 Å². The molecule has 2 rings (SSSR count). The van der Waals surface area contributed by atoms with Crippen LogP contribution in [0.15, 0.2) is 52.5 Å². The van der Waals surface area contributed by atoms with E-state index in [1.54, 1.807) is 19.1 Å². The molecule has 0 spiro atoms. The van der Waals surface area contributed by atoms with E-state index in [0.29, 0.717) is 11.5 Å². The van der Waals surface area contributed by atoms with E-state index in [9.17, 15) is 4.79 Å². The number of nitrogens with zero attached hydrogens (tertiary/aromatic N) is 1. The second-order valence-corrected chi connectivity index (χ2v) is 3.96. The molecule has 1 aromatic carbocycles. The second-order valence-electron chi connectivity index (χ2n) is 3.96. The van der Waals surface area contributed by atoms with E-state index in [-0.39, 0.29) is 12.2 Å². The fourth-order valence-corrected chi connectivity index (χ4v) is 1.68. The van der Waals surface area contributed by atoms with E-state index < -0.39 is 5.97 Å². The van der Waals surface area contributed by atoms with Gasteiger partial charge in [-0.05, 0) is 19.1 Å². The van der Waals surface area contributed by atoms with Gasteiger partial charge in [0.25, 0.3) is 0 Å². The van der Waals surface area contributed by atoms with Crippen molar-refractivity contribution in [1.29, 1.82) is 5.26 Å². The van der Waals surface area contributed by atoms with Crippen molar-refractivity contribution in [3.63, 3.8) is 0 Å². The Morgan fingerprint density at radius 3 is 2.70 bits per heavy atom. The van der Waals surface area contributed by atoms with Crippen molar-refractivity contribution in [2.75, 3.05) is 6.61 Å². The van der Waals surface area contributed by atoms with Gasteiger partial charge in [0, 0.05) is 11.6 Å². The van der Waals surface area contributed by atoms with Gasteiger partial charge in [-0.1, -0.05) is 30.3 Å². The minimum atomic E-state index is -0.646. The van der Waals surface area contributed by atoms with Gasteiger partial charge in [0.05, 0.1) is 6.61 Å². The summed E-state index contributed by atoms with van der Waals surface area (Å²) < 4.78 is 10.4. The number of ether oxygens (including phenoxy) is 1. The maximum absolute atomic E-state index is 11.5. The Morgan fingerprint density at radius 2 is 2.05 bits per heavy atom. The molecule has 0 unspecified atom stereocenters. The third-order valence-electron chi connectivity index (χ3n) is 2.59. The molecule has 0 amide bonds. The van der Waals surface area contributed by atoms with Crippen molar-refractivity contribution >= 4 is 12.0 Å². The number of hydrogen-bond acceptors (Lipinski definition) is 4. The fraction of sp³-hybridized carbons (Fsp3) is 0.125. The van der Waals surface area contributed by atoms with Crippen LogP contribution in [0.2, 0.25) is 0 Å². The molecule has 4 nitrogen and oxygen atoms in total. The molecular formula is C16H13NO3. The number of hydrogen-bond donors (Lipinski definition) is 0. The molecule has 0 saturated carbocycles. The first-order chi connectivity index (χ1) is 9.74. The lowest BCUT2D eigenvalue weighted by Gasteiger charge is -1.98. The third-order valence-corrected chi connectivity index (χ3v) is 2.59. The number of carbonyl (C=O) groups excluding carboxylic acids is 1. The minimum absolute atomic E-state index is 0.0826. The maximum atomic E-state index is 11.5. The van der Waals surface area contributed by atoms with Gasteiger partial charge in [0.15, 0.2) is 0 Å². The summed E-state index contributed by atoms with van der Waals surface area (Å²) in [5.74, 6) is 0.471. The summed E-state index contributed by atoms with van der Waals surface area (Å²) in [6.45, 7) is 1.92. The van der Waals surface area contributed by atoms with Crippen LogP contribution < -0.4 is 0 Å². The summed E-state index contributed by atoms with van der Waals surface area (Å²) in [6, 6.07) is 14.9. The van der Waals surface area contributed by atoms with E-state index in [1.807, 2.05) is 36.4 Å². The van der Waals surface area contributed by atoms with Crippen LogP contribution in [0.4, 0.5) is 0 Å². The summed E-state index contributed by atoms with van der Waals surface area (Å²) in [4.78, 5) is 11.5. The summed E-state index contributed by atoms with van der Waals surface area (Å²) >= 11 is 0. The van der Waals surface area contributed by atoms with Crippen LogP contribution in [0.25, 0.3) is 17.4 Å². The predicted molar refractivity (Wildman–Crippen MR) is 74.4 cm³/mol. The SMILES string of the molecule is CCOC(=O)/C(C#N)=C/c1ccc(-c2ccccc2)o1. The van der Waals surface area contributed by atoms with Gasteiger partial charge in [0.1, 0.15) is 23.2 Å². The Hall–Kier alpha value is -2.80. The van der Waals surface area contributed by atoms with Gasteiger partial charge in [-0.25, -0.2) is 4.79 Å². The zero-order chi connectivity index (χ0) is 14.4. The standard InChI is InChI=1S/C16H13NO3/c1-2-19-16(18)13(11-17)10-14-8-9-15(20-14)12-6-4-3-5-7-12/h3-10H,2H2,1H3/b13-10+. The molecule has 0 aliphatic carbocycles. The molecule has 2 aromatic rings. The first-order valence-electron chi connectivity index (χ1n) is 6.18. The molecular weight excluding hydrogens is 254 g/mol. The summed E-state index contributed by atoms with van der Waals surface area (Å²) in [5.41, 5.74) is 0.850. The molecule has 0 bridgehead atoms. The monoisotopic (exact) mass is 267 g/mol. The first-order valence-corrected chi connectivity index (χ1v) is 6.18. The molecule has 100 valence electrons. The second kappa shape index (κ2) is 6.39. The number of nitriles is 1. The van der Waals surface area contributed by atoms with Crippen molar-refractivity contribution in [3.05, 3.63) is 53.8 Å². The normalized spacial score (nSPS) is 10.9. The molecule has 0 atom stereocenters. The van der Waals surface area contributed by atoms with Crippen molar-refractivity contribution < 1.29 is 13.9 Å². The predicted octanol–water partition coefficient (Wildman–Crippen LogP) is 3.42. The Morgan fingerprint density at radius 1 is 1.30 bits per heavy atom. The summed E-state index contributed by atoms with van der Waals surface area (Å²) in [5, 5.41) is 8.95. The van der Waals surface area contributed by atoms with E-state index in [0.717, 1.165) is 5.56 Å². The number of rotatable bonds is 4. The molecule has 1 aromatic heterocycles. The Kier molecular flexibility index (Phi) is 4.35. The Bertz CT molecular complexity index is 663. The maximum Gasteiger partial charge on any atom is 0.349 e. The largest absolute Gasteiger partial charge is 0.462 e. The number of benzene rings is 1. The van der Waals surface area contributed by atoms with E-state index >= 15 is 0 Å². The van der Waals surface area contributed by atoms with Gasteiger partial charge in [-0.2, -0.15) is 5.26 Å². The highest BCUT2D eigenvalue weighted by Gasteiger charge is 2.11. The molecule has 0 radical (unpaired) electrons. The molecule has 0 aliphatic rings. The Balaban J connectivity index is 2.25. The average molecular weight is 267 g/mol. The zero-order valence-corrected chi connectivity index (χ0v) is 11.0. The molecule has 0 saturated heterocycles. The third kappa shape index (κ3) is 3.15. The number of carbonyl (C=O) groups is 1. The van der Waals surface area contributed by atoms with E-state index in [4.69, 9.17) is 14.4 Å². The van der Waals surface area contributed by atoms with E-state index in [1.165, 1.54) is 6.08 Å². The van der Waals surface area contributed by atoms with Gasteiger partial charge in [-0.3, -0.25) is 0 Å². The van der Waals surface area contributed by atoms with Crippen molar-refractivity contribution in [2.45, 2.75) is 6.92 Å². The quantitative estimate of drug-likeness (QED) is 0.483. The molecule has 0 fully saturated rings. The highest BCUT2D eigenvalue weighted by molar-refractivity contribution is 5.97. The molecule has 1 heterocycles. The number of esters is 1. The summed E-state index contributed by atoms with van der Waals surface area (Å²) in [6.07, 6.45) is 1.38. The molecule has 20 heavy (non-hydrogen) atoms. The highest BCUT2D eigenvalue weighted by atomic mass is 16.5. The lowest BCUT2D eigenvalue weighted by molar-refractivity contribution is -0.137. The van der Waals surface area contributed by atoms with Crippen molar-refractivity contribution in [2.24, 2.45) is 0 Å². The van der Waals surface area contributed by atoms with Crippen molar-refractivity contribution in [3.8, 4) is 17.4 Å². The van der Waals surface area contributed by atoms with E-state index in [2.05, 4.69) is 0 Å². The van der Waals surface area contributed by atoms with Crippen LogP contribution in [0, 0.1) is 11.3 Å². The zero-order valence-electron chi connectivity index (χ0n) is 11.0. The van der Waals surface area contributed by atoms with Crippen LogP contribution in [-0.2, 0) is 9.53 Å². The van der Waals surface area contributed by atoms with Gasteiger partial charge < -0.3 is 9.15 Å².